The largest absolute Gasteiger partial charge is 0.314 e. The lowest BCUT2D eigenvalue weighted by Gasteiger charge is -2.46. The minimum Gasteiger partial charge on any atom is -0.314 e. The van der Waals surface area contributed by atoms with Crippen molar-refractivity contribution in [2.45, 2.75) is 66.3 Å². The first-order valence-electron chi connectivity index (χ1n) is 6.14. The molecular formula is C13H27N. The summed E-state index contributed by atoms with van der Waals surface area (Å²) in [6.07, 6.45) is 5.41. The van der Waals surface area contributed by atoms with Crippen molar-refractivity contribution >= 4 is 0 Å². The van der Waals surface area contributed by atoms with Gasteiger partial charge in [0.2, 0.25) is 0 Å². The molecule has 0 saturated heterocycles. The SMILES string of the molecule is CCNC1CC(C)(C)CC(C)(CC)C1. The summed E-state index contributed by atoms with van der Waals surface area (Å²) in [5, 5.41) is 3.63. The first-order valence-corrected chi connectivity index (χ1v) is 6.14. The standard InChI is InChI=1S/C13H27N/c1-6-13(5)9-11(14-7-2)8-12(3,4)10-13/h11,14H,6-10H2,1-5H3. The van der Waals surface area contributed by atoms with Crippen molar-refractivity contribution < 1.29 is 0 Å². The van der Waals surface area contributed by atoms with Gasteiger partial charge < -0.3 is 5.32 Å². The summed E-state index contributed by atoms with van der Waals surface area (Å²) in [5.41, 5.74) is 1.09. The van der Waals surface area contributed by atoms with Gasteiger partial charge in [0, 0.05) is 6.04 Å². The van der Waals surface area contributed by atoms with E-state index in [-0.39, 0.29) is 0 Å². The van der Waals surface area contributed by atoms with E-state index in [1.165, 1.54) is 25.7 Å². The van der Waals surface area contributed by atoms with Crippen molar-refractivity contribution in [3.05, 3.63) is 0 Å². The van der Waals surface area contributed by atoms with Crippen LogP contribution in [-0.2, 0) is 0 Å². The third-order valence-electron chi connectivity index (χ3n) is 3.79. The highest BCUT2D eigenvalue weighted by Gasteiger charge is 2.39. The molecule has 0 aromatic rings. The van der Waals surface area contributed by atoms with Crippen molar-refractivity contribution in [2.75, 3.05) is 6.54 Å². The summed E-state index contributed by atoms with van der Waals surface area (Å²) < 4.78 is 0. The summed E-state index contributed by atoms with van der Waals surface area (Å²) in [4.78, 5) is 0. The number of hydrogen-bond acceptors (Lipinski definition) is 1. The molecule has 1 heteroatoms. The van der Waals surface area contributed by atoms with Crippen LogP contribution in [0.25, 0.3) is 0 Å². The van der Waals surface area contributed by atoms with Gasteiger partial charge in [-0.1, -0.05) is 41.0 Å². The van der Waals surface area contributed by atoms with Crippen molar-refractivity contribution in [3.8, 4) is 0 Å². The molecule has 0 aromatic carbocycles. The zero-order valence-electron chi connectivity index (χ0n) is 10.6. The quantitative estimate of drug-likeness (QED) is 0.729. The van der Waals surface area contributed by atoms with Crippen molar-refractivity contribution in [1.82, 2.24) is 5.32 Å². The van der Waals surface area contributed by atoms with Crippen molar-refractivity contribution in [2.24, 2.45) is 10.8 Å². The molecule has 0 amide bonds. The van der Waals surface area contributed by atoms with Gasteiger partial charge >= 0.3 is 0 Å². The van der Waals surface area contributed by atoms with E-state index in [1.54, 1.807) is 0 Å². The van der Waals surface area contributed by atoms with E-state index in [0.717, 1.165) is 12.6 Å². The second-order valence-electron chi connectivity index (χ2n) is 6.17. The van der Waals surface area contributed by atoms with E-state index in [1.807, 2.05) is 0 Å². The van der Waals surface area contributed by atoms with Crippen LogP contribution < -0.4 is 5.32 Å². The van der Waals surface area contributed by atoms with E-state index < -0.39 is 0 Å². The topological polar surface area (TPSA) is 12.0 Å². The van der Waals surface area contributed by atoms with Gasteiger partial charge in [0.05, 0.1) is 0 Å². The lowest BCUT2D eigenvalue weighted by Crippen LogP contribution is -2.44. The van der Waals surface area contributed by atoms with Gasteiger partial charge in [0.1, 0.15) is 0 Å². The van der Waals surface area contributed by atoms with E-state index in [4.69, 9.17) is 0 Å². The van der Waals surface area contributed by atoms with Crippen LogP contribution in [0.15, 0.2) is 0 Å². The van der Waals surface area contributed by atoms with Gasteiger partial charge in [-0.2, -0.15) is 0 Å². The van der Waals surface area contributed by atoms with Crippen molar-refractivity contribution in [3.63, 3.8) is 0 Å². The predicted octanol–water partition coefficient (Wildman–Crippen LogP) is 3.59. The molecule has 0 spiro atoms. The Hall–Kier alpha value is -0.0400. The van der Waals surface area contributed by atoms with E-state index >= 15 is 0 Å². The summed E-state index contributed by atoms with van der Waals surface area (Å²) in [6.45, 7) is 13.0. The third-order valence-corrected chi connectivity index (χ3v) is 3.79. The second kappa shape index (κ2) is 4.22. The Bertz CT molecular complexity index is 186. The molecule has 0 radical (unpaired) electrons. The molecule has 2 unspecified atom stereocenters. The molecule has 84 valence electrons. The number of rotatable bonds is 3. The van der Waals surface area contributed by atoms with Crippen LogP contribution in [0.5, 0.6) is 0 Å². The Kier molecular flexibility index (Phi) is 3.63. The van der Waals surface area contributed by atoms with Crippen LogP contribution in [0.3, 0.4) is 0 Å². The zero-order valence-corrected chi connectivity index (χ0v) is 10.6. The van der Waals surface area contributed by atoms with Crippen LogP contribution in [0, 0.1) is 10.8 Å². The molecule has 14 heavy (non-hydrogen) atoms. The average molecular weight is 197 g/mol. The van der Waals surface area contributed by atoms with Gasteiger partial charge in [-0.3, -0.25) is 0 Å². The first kappa shape index (κ1) is 12.0. The minimum absolute atomic E-state index is 0.524. The highest BCUT2D eigenvalue weighted by atomic mass is 14.9. The van der Waals surface area contributed by atoms with Gasteiger partial charge in [-0.25, -0.2) is 0 Å². The minimum atomic E-state index is 0.524. The third kappa shape index (κ3) is 2.98. The molecule has 0 bridgehead atoms. The predicted molar refractivity (Wildman–Crippen MR) is 63.5 cm³/mol. The average Bonchev–Trinajstić information content (AvgIpc) is 2.01. The second-order valence-corrected chi connectivity index (χ2v) is 6.17. The molecule has 1 nitrogen and oxygen atoms in total. The maximum Gasteiger partial charge on any atom is 0.00772 e. The van der Waals surface area contributed by atoms with Gasteiger partial charge in [0.25, 0.3) is 0 Å². The molecule has 1 rings (SSSR count). The Morgan fingerprint density at radius 2 is 1.79 bits per heavy atom. The molecule has 1 aliphatic rings. The molecule has 1 fully saturated rings. The molecule has 0 heterocycles. The van der Waals surface area contributed by atoms with E-state index in [9.17, 15) is 0 Å². The summed E-state index contributed by atoms with van der Waals surface area (Å²) in [7, 11) is 0. The van der Waals surface area contributed by atoms with Crippen LogP contribution in [0.2, 0.25) is 0 Å². The molecule has 2 atom stereocenters. The monoisotopic (exact) mass is 197 g/mol. The summed E-state index contributed by atoms with van der Waals surface area (Å²) in [5.74, 6) is 0. The Balaban J connectivity index is 2.67. The van der Waals surface area contributed by atoms with Gasteiger partial charge in [0.15, 0.2) is 0 Å². The molecule has 1 N–H and O–H groups in total. The fourth-order valence-corrected chi connectivity index (χ4v) is 3.34. The van der Waals surface area contributed by atoms with E-state index in [2.05, 4.69) is 39.9 Å². The Morgan fingerprint density at radius 1 is 1.14 bits per heavy atom. The fraction of sp³-hybridized carbons (Fsp3) is 1.00. The van der Waals surface area contributed by atoms with Gasteiger partial charge in [-0.05, 0) is 36.6 Å². The van der Waals surface area contributed by atoms with Crippen LogP contribution in [-0.4, -0.2) is 12.6 Å². The lowest BCUT2D eigenvalue weighted by atomic mass is 9.62. The first-order chi connectivity index (χ1) is 6.41. The lowest BCUT2D eigenvalue weighted by molar-refractivity contribution is 0.0684. The molecule has 1 aliphatic carbocycles. The molecule has 0 aromatic heterocycles. The Labute approximate surface area is 89.7 Å². The number of hydrogen-bond donors (Lipinski definition) is 1. The zero-order chi connectivity index (χ0) is 10.8. The smallest absolute Gasteiger partial charge is 0.00772 e. The highest BCUT2D eigenvalue weighted by Crippen LogP contribution is 2.47. The molecule has 0 aliphatic heterocycles. The fourth-order valence-electron chi connectivity index (χ4n) is 3.34. The molecular weight excluding hydrogens is 170 g/mol. The molecule has 1 saturated carbocycles. The summed E-state index contributed by atoms with van der Waals surface area (Å²) >= 11 is 0. The van der Waals surface area contributed by atoms with Crippen LogP contribution >= 0.6 is 0 Å². The normalized spacial score (nSPS) is 37.1. The maximum absolute atomic E-state index is 3.63. The maximum atomic E-state index is 3.63. The van der Waals surface area contributed by atoms with Crippen LogP contribution in [0.1, 0.15) is 60.3 Å². The van der Waals surface area contributed by atoms with Crippen molar-refractivity contribution in [1.29, 1.82) is 0 Å². The highest BCUT2D eigenvalue weighted by molar-refractivity contribution is 4.93. The van der Waals surface area contributed by atoms with E-state index in [0.29, 0.717) is 10.8 Å². The number of nitrogens with one attached hydrogen (secondary N) is 1. The Morgan fingerprint density at radius 3 is 2.29 bits per heavy atom. The van der Waals surface area contributed by atoms with Crippen LogP contribution in [0.4, 0.5) is 0 Å². The summed E-state index contributed by atoms with van der Waals surface area (Å²) in [6, 6.07) is 0.744. The van der Waals surface area contributed by atoms with Gasteiger partial charge in [-0.15, -0.1) is 0 Å².